The van der Waals surface area contributed by atoms with E-state index in [-0.39, 0.29) is 0 Å². The molecule has 0 bridgehead atoms. The first-order valence-corrected chi connectivity index (χ1v) is 50.4. The molecule has 21 aromatic carbocycles. The highest BCUT2D eigenvalue weighted by atomic mass is 16.5. The number of benzene rings is 21. The van der Waals surface area contributed by atoms with Gasteiger partial charge in [-0.25, -0.2) is 9.97 Å². The van der Waals surface area contributed by atoms with Crippen LogP contribution in [0.5, 0.6) is 46.0 Å². The Labute approximate surface area is 860 Å². The van der Waals surface area contributed by atoms with Crippen molar-refractivity contribution in [2.24, 2.45) is 0 Å². The SMILES string of the molecule is N#Cc1ccc(-c2cccc3c2Oc2ccccc2C32c3ccccc3-c3ccccc32)cc1.N#Cc1cccc(-c2cccc3c2Oc2ccccc2C32c3ccccc3-c3ccccc32)c1.c1ccc(-n2c(-c3cccc4c3Oc3ccccc3C43c4ccccc4-c4ccccc43)nc3ccccc32)cc1.c1ccc2c(c1)Oc1c(-c3ccc4ccc5cccnc5c4n3)cccc1C21c2ccccc2-c2ccccc21. The number of nitrogens with zero attached hydrogens (tertiary/aromatic N) is 6. The number of hydrogen-bond donors (Lipinski definition) is 0. The Morgan fingerprint density at radius 1 is 0.215 bits per heavy atom. The molecule has 4 aliphatic heterocycles. The van der Waals surface area contributed by atoms with Crippen molar-refractivity contribution in [3.63, 3.8) is 0 Å². The van der Waals surface area contributed by atoms with Crippen LogP contribution < -0.4 is 18.9 Å². The average molecular weight is 1900 g/mol. The largest absolute Gasteiger partial charge is 0.456 e. The molecule has 7 heterocycles. The third-order valence-electron chi connectivity index (χ3n) is 31.6. The van der Waals surface area contributed by atoms with Gasteiger partial charge in [0.25, 0.3) is 0 Å². The molecule has 24 aromatic rings. The molecule has 10 heteroatoms. The predicted molar refractivity (Wildman–Crippen MR) is 592 cm³/mol. The fourth-order valence-electron chi connectivity index (χ4n) is 25.7. The summed E-state index contributed by atoms with van der Waals surface area (Å²) in [5, 5.41) is 20.9. The quantitative estimate of drug-likeness (QED) is 0.155. The molecule has 4 spiro atoms. The summed E-state index contributed by atoms with van der Waals surface area (Å²) in [5.41, 5.74) is 40.7. The molecule has 0 fully saturated rings. The number of para-hydroxylation sites is 11. The molecule has 0 atom stereocenters. The summed E-state index contributed by atoms with van der Waals surface area (Å²) >= 11 is 0. The molecule has 3 aromatic heterocycles. The predicted octanol–water partition coefficient (Wildman–Crippen LogP) is 33.5. The maximum Gasteiger partial charge on any atom is 0.149 e. The van der Waals surface area contributed by atoms with E-state index in [1.165, 1.54) is 100 Å². The minimum Gasteiger partial charge on any atom is -0.456 e. The monoisotopic (exact) mass is 1900 g/mol. The molecule has 4 aliphatic carbocycles. The van der Waals surface area contributed by atoms with Gasteiger partial charge >= 0.3 is 0 Å². The zero-order chi connectivity index (χ0) is 98.6. The Balaban J connectivity index is 0.0000000938. The van der Waals surface area contributed by atoms with Gasteiger partial charge in [0, 0.05) is 83.9 Å². The molecule has 149 heavy (non-hydrogen) atoms. The van der Waals surface area contributed by atoms with Gasteiger partial charge in [0.2, 0.25) is 0 Å². The van der Waals surface area contributed by atoms with Gasteiger partial charge in [0.1, 0.15) is 51.8 Å². The Morgan fingerprint density at radius 3 is 0.946 bits per heavy atom. The van der Waals surface area contributed by atoms with Crippen LogP contribution in [-0.4, -0.2) is 19.5 Å². The Kier molecular flexibility index (Phi) is 19.5. The molecule has 0 radical (unpaired) electrons. The number of fused-ring (bicyclic) bond motifs is 40. The third-order valence-corrected chi connectivity index (χ3v) is 31.6. The van der Waals surface area contributed by atoms with Crippen molar-refractivity contribution in [3.05, 3.63) is 610 Å². The Morgan fingerprint density at radius 2 is 0.530 bits per heavy atom. The summed E-state index contributed by atoms with van der Waals surface area (Å²) < 4.78 is 29.3. The van der Waals surface area contributed by atoms with Crippen LogP contribution >= 0.6 is 0 Å². The Bertz CT molecular complexity index is 9650. The van der Waals surface area contributed by atoms with Crippen molar-refractivity contribution in [3.8, 4) is 153 Å². The zero-order valence-corrected chi connectivity index (χ0v) is 80.3. The van der Waals surface area contributed by atoms with Crippen LogP contribution in [-0.2, 0) is 21.7 Å². The van der Waals surface area contributed by atoms with Crippen LogP contribution in [0.2, 0.25) is 0 Å². The number of ether oxygens (including phenoxy) is 4. The van der Waals surface area contributed by atoms with Crippen molar-refractivity contribution in [2.45, 2.75) is 21.7 Å². The van der Waals surface area contributed by atoms with Crippen molar-refractivity contribution in [1.29, 1.82) is 10.5 Å². The van der Waals surface area contributed by atoms with Crippen LogP contribution in [0.15, 0.2) is 510 Å². The first-order valence-electron chi connectivity index (χ1n) is 50.4. The standard InChI is InChI=1S/C38H24N2O.C37H22N2O.2C32H19NO/c1-2-13-25(14-3-1)40-34-23-10-9-22-33(34)39-37(40)28-17-12-21-32-36(28)41-35-24-11-8-20-31(35)38(32)29-18-6-4-15-26(29)27-16-5-7-19-30(27)38;1-3-13-28-25(10-1)26-11-2-4-14-29(26)37(28)30-15-5-6-17-33(30)40-36-27(12-7-16-31(36)37)32-21-20-24-19-18-23-9-8-22-38-34(23)35(24)39-32;33-20-21-9-7-10-22(19-21)23-13-8-17-29-31(23)34-30-18-6-5-16-28(30)32(29)26-14-3-1-11-24(26)25-12-2-4-15-27(25)32;33-20-21-16-18-22(19-17-21)23-10-7-14-29-31(23)34-30-15-6-5-13-28(30)32(29)26-11-3-1-8-24(26)25-9-2-4-12-27(25)32/h1-24H;1-22H;2*1-19H. The summed E-state index contributed by atoms with van der Waals surface area (Å²) in [4.78, 5) is 15.1. The van der Waals surface area contributed by atoms with E-state index in [9.17, 15) is 10.5 Å². The second-order valence-electron chi connectivity index (χ2n) is 38.9. The Hall–Kier alpha value is -19.9. The van der Waals surface area contributed by atoms with Crippen LogP contribution in [0.1, 0.15) is 100 Å². The average Bonchev–Trinajstić information content (AvgIpc) is 1.54. The molecule has 32 rings (SSSR count). The van der Waals surface area contributed by atoms with Crippen molar-refractivity contribution >= 4 is 32.8 Å². The third kappa shape index (κ3) is 12.5. The van der Waals surface area contributed by atoms with Crippen molar-refractivity contribution in [2.75, 3.05) is 0 Å². The maximum atomic E-state index is 9.48. The lowest BCUT2D eigenvalue weighted by atomic mass is 9.65. The van der Waals surface area contributed by atoms with E-state index in [1.807, 2.05) is 85.1 Å². The van der Waals surface area contributed by atoms with E-state index < -0.39 is 21.7 Å². The fraction of sp³-hybridized carbons (Fsp3) is 0.0288. The summed E-state index contributed by atoms with van der Waals surface area (Å²) in [7, 11) is 0. The lowest BCUT2D eigenvalue weighted by Crippen LogP contribution is -2.32. The minimum absolute atomic E-state index is 0.458. The molecular formula is C139H84N6O4. The minimum atomic E-state index is -0.503. The number of imidazole rings is 1. The van der Waals surface area contributed by atoms with E-state index in [4.69, 9.17) is 28.9 Å². The van der Waals surface area contributed by atoms with Gasteiger partial charge in [-0.05, 0) is 197 Å². The van der Waals surface area contributed by atoms with Gasteiger partial charge in [-0.2, -0.15) is 10.5 Å². The number of rotatable bonds is 5. The lowest BCUT2D eigenvalue weighted by Gasteiger charge is -2.40. The number of pyridine rings is 2. The summed E-state index contributed by atoms with van der Waals surface area (Å²) in [6.45, 7) is 0. The van der Waals surface area contributed by atoms with Gasteiger partial charge in [0.15, 0.2) is 0 Å². The molecule has 0 unspecified atom stereocenters. The normalized spacial score (nSPS) is 13.8. The molecule has 10 nitrogen and oxygen atoms in total. The summed E-state index contributed by atoms with van der Waals surface area (Å²) in [6.07, 6.45) is 1.83. The van der Waals surface area contributed by atoms with E-state index in [1.54, 1.807) is 0 Å². The smallest absolute Gasteiger partial charge is 0.149 e. The lowest BCUT2D eigenvalue weighted by molar-refractivity contribution is 0.437. The van der Waals surface area contributed by atoms with Crippen molar-refractivity contribution < 1.29 is 18.9 Å². The topological polar surface area (TPSA) is 128 Å². The summed E-state index contributed by atoms with van der Waals surface area (Å²) in [5.74, 6) is 7.79. The molecule has 0 saturated heterocycles. The second-order valence-corrected chi connectivity index (χ2v) is 38.9. The summed E-state index contributed by atoms with van der Waals surface area (Å²) in [6, 6.07) is 181. The maximum absolute atomic E-state index is 9.48. The molecule has 0 amide bonds. The number of hydrogen-bond acceptors (Lipinski definition) is 9. The van der Waals surface area contributed by atoms with Gasteiger partial charge in [-0.1, -0.05) is 406 Å². The van der Waals surface area contributed by atoms with Crippen LogP contribution in [0.4, 0.5) is 0 Å². The van der Waals surface area contributed by atoms with E-state index in [0.717, 1.165) is 163 Å². The van der Waals surface area contributed by atoms with Crippen molar-refractivity contribution in [1.82, 2.24) is 19.5 Å². The first-order chi connectivity index (χ1) is 73.8. The van der Waals surface area contributed by atoms with Gasteiger partial charge in [0.05, 0.1) is 78.2 Å². The highest BCUT2D eigenvalue weighted by molar-refractivity contribution is 6.04. The highest BCUT2D eigenvalue weighted by Gasteiger charge is 2.57. The fourth-order valence-corrected chi connectivity index (χ4v) is 25.7. The van der Waals surface area contributed by atoms with Crippen LogP contribution in [0.3, 0.4) is 0 Å². The molecule has 8 aliphatic rings. The zero-order valence-electron chi connectivity index (χ0n) is 80.3. The van der Waals surface area contributed by atoms with E-state index in [0.29, 0.717) is 11.1 Å². The molecule has 0 N–H and O–H groups in total. The second kappa shape index (κ2) is 33.9. The van der Waals surface area contributed by atoms with Crippen LogP contribution in [0.25, 0.3) is 128 Å². The van der Waals surface area contributed by atoms with Gasteiger partial charge in [-0.3, -0.25) is 9.55 Å². The molecule has 0 saturated carbocycles. The molecular weight excluding hydrogens is 1820 g/mol. The van der Waals surface area contributed by atoms with E-state index >= 15 is 0 Å². The van der Waals surface area contributed by atoms with Gasteiger partial charge in [-0.15, -0.1) is 0 Å². The van der Waals surface area contributed by atoms with Gasteiger partial charge < -0.3 is 18.9 Å². The number of nitriles is 2. The molecule has 694 valence electrons. The highest BCUT2D eigenvalue weighted by Crippen LogP contribution is 2.69. The van der Waals surface area contributed by atoms with E-state index in [2.05, 4.69) is 446 Å². The first kappa shape index (κ1) is 85.8. The van der Waals surface area contributed by atoms with Crippen LogP contribution in [0, 0.1) is 22.7 Å². The number of aromatic nitrogens is 4.